The van der Waals surface area contributed by atoms with Gasteiger partial charge in [0.15, 0.2) is 0 Å². The van der Waals surface area contributed by atoms with E-state index in [2.05, 4.69) is 52.3 Å². The summed E-state index contributed by atoms with van der Waals surface area (Å²) in [5.74, 6) is 0.854. The van der Waals surface area contributed by atoms with Crippen LogP contribution in [0.4, 0.5) is 0 Å². The van der Waals surface area contributed by atoms with Gasteiger partial charge in [-0.1, -0.05) is 67.7 Å². The molecule has 0 radical (unpaired) electrons. The molecule has 0 nitrogen and oxygen atoms in total. The molecule has 0 heteroatoms. The van der Waals surface area contributed by atoms with Crippen molar-refractivity contribution in [3.8, 4) is 0 Å². The van der Waals surface area contributed by atoms with Crippen molar-refractivity contribution in [2.24, 2.45) is 11.8 Å². The van der Waals surface area contributed by atoms with Crippen LogP contribution in [0.15, 0.2) is 73.9 Å². The molecule has 0 aromatic heterocycles. The molecule has 18 heavy (non-hydrogen) atoms. The van der Waals surface area contributed by atoms with Gasteiger partial charge in [0.1, 0.15) is 0 Å². The fourth-order valence-electron chi connectivity index (χ4n) is 2.20. The van der Waals surface area contributed by atoms with Crippen molar-refractivity contribution in [3.63, 3.8) is 0 Å². The predicted octanol–water partition coefficient (Wildman–Crippen LogP) is 5.64. The number of hydrogen-bond acceptors (Lipinski definition) is 0. The summed E-state index contributed by atoms with van der Waals surface area (Å²) < 4.78 is 0. The molecular weight excluding hydrogens is 216 g/mol. The first kappa shape index (κ1) is 16.4. The molecule has 0 aliphatic carbocycles. The van der Waals surface area contributed by atoms with Crippen molar-refractivity contribution in [2.45, 2.75) is 26.7 Å². The maximum atomic E-state index is 3.86. The standard InChI is InChI=1S/C18H26/c1-7-11-15(5)17(13-9-3)18(14-10-4)16(6)12-8-2/h7-11,14,16-17H,1-4,12-13H2,5-6H3/b15-11+,18-14-. The maximum absolute atomic E-state index is 3.86. The van der Waals surface area contributed by atoms with Crippen LogP contribution >= 0.6 is 0 Å². The zero-order valence-electron chi connectivity index (χ0n) is 11.9. The smallest absolute Gasteiger partial charge is 0.00476 e. The van der Waals surface area contributed by atoms with E-state index >= 15 is 0 Å². The molecule has 0 aromatic rings. The minimum Gasteiger partial charge on any atom is -0.103 e. The summed E-state index contributed by atoms with van der Waals surface area (Å²) in [6.45, 7) is 19.7. The van der Waals surface area contributed by atoms with Gasteiger partial charge in [-0.25, -0.2) is 0 Å². The molecule has 0 aromatic carbocycles. The zero-order chi connectivity index (χ0) is 14.0. The van der Waals surface area contributed by atoms with E-state index in [1.54, 1.807) is 0 Å². The Hall–Kier alpha value is -1.56. The average Bonchev–Trinajstić information content (AvgIpc) is 2.34. The van der Waals surface area contributed by atoms with Crippen molar-refractivity contribution >= 4 is 0 Å². The fraction of sp³-hybridized carbons (Fsp3) is 0.333. The van der Waals surface area contributed by atoms with E-state index in [9.17, 15) is 0 Å². The normalized spacial score (nSPS) is 15.7. The van der Waals surface area contributed by atoms with Gasteiger partial charge >= 0.3 is 0 Å². The number of allylic oxidation sites excluding steroid dienone is 8. The molecule has 0 heterocycles. The molecule has 0 saturated heterocycles. The van der Waals surface area contributed by atoms with Crippen LogP contribution in [-0.2, 0) is 0 Å². The third-order valence-corrected chi connectivity index (χ3v) is 3.13. The minimum absolute atomic E-state index is 0.383. The topological polar surface area (TPSA) is 0 Å². The minimum atomic E-state index is 0.383. The lowest BCUT2D eigenvalue weighted by atomic mass is 9.80. The maximum Gasteiger partial charge on any atom is 0.00476 e. The summed E-state index contributed by atoms with van der Waals surface area (Å²) in [5.41, 5.74) is 2.70. The summed E-state index contributed by atoms with van der Waals surface area (Å²) >= 11 is 0. The predicted molar refractivity (Wildman–Crippen MR) is 84.5 cm³/mol. The van der Waals surface area contributed by atoms with Gasteiger partial charge in [-0.3, -0.25) is 0 Å². The van der Waals surface area contributed by atoms with Gasteiger partial charge in [0, 0.05) is 5.92 Å². The first-order valence-electron chi connectivity index (χ1n) is 6.45. The average molecular weight is 242 g/mol. The lowest BCUT2D eigenvalue weighted by molar-refractivity contribution is 0.579. The third kappa shape index (κ3) is 5.18. The van der Waals surface area contributed by atoms with Gasteiger partial charge in [0.05, 0.1) is 0 Å². The van der Waals surface area contributed by atoms with E-state index in [1.165, 1.54) is 11.1 Å². The Morgan fingerprint density at radius 1 is 0.944 bits per heavy atom. The van der Waals surface area contributed by atoms with Crippen molar-refractivity contribution in [1.29, 1.82) is 0 Å². The SMILES string of the molecule is C=C/C=C(/C(C)CC=C)C(CC=C)/C(C)=C/C=C. The Bertz CT molecular complexity index is 352. The summed E-state index contributed by atoms with van der Waals surface area (Å²) in [6.07, 6.45) is 13.8. The van der Waals surface area contributed by atoms with Gasteiger partial charge in [-0.15, -0.1) is 13.2 Å². The van der Waals surface area contributed by atoms with Crippen molar-refractivity contribution in [1.82, 2.24) is 0 Å². The lowest BCUT2D eigenvalue weighted by Crippen LogP contribution is -2.12. The van der Waals surface area contributed by atoms with E-state index < -0.39 is 0 Å². The van der Waals surface area contributed by atoms with Crippen LogP contribution in [0, 0.1) is 11.8 Å². The zero-order valence-corrected chi connectivity index (χ0v) is 11.9. The van der Waals surface area contributed by atoms with Crippen LogP contribution in [0.3, 0.4) is 0 Å². The van der Waals surface area contributed by atoms with Crippen LogP contribution in [0.5, 0.6) is 0 Å². The van der Waals surface area contributed by atoms with Gasteiger partial charge in [-0.05, 0) is 25.7 Å². The Morgan fingerprint density at radius 3 is 1.94 bits per heavy atom. The molecule has 98 valence electrons. The first-order valence-corrected chi connectivity index (χ1v) is 6.45. The Balaban J connectivity index is 5.35. The molecule has 0 bridgehead atoms. The van der Waals surface area contributed by atoms with Crippen molar-refractivity contribution in [2.75, 3.05) is 0 Å². The molecule has 2 atom stereocenters. The largest absolute Gasteiger partial charge is 0.103 e. The van der Waals surface area contributed by atoms with Gasteiger partial charge in [0.25, 0.3) is 0 Å². The highest BCUT2D eigenvalue weighted by Gasteiger charge is 2.18. The van der Waals surface area contributed by atoms with Gasteiger partial charge in [0.2, 0.25) is 0 Å². The second kappa shape index (κ2) is 9.47. The summed E-state index contributed by atoms with van der Waals surface area (Å²) in [6, 6.07) is 0. The van der Waals surface area contributed by atoms with Gasteiger partial charge < -0.3 is 0 Å². The summed E-state index contributed by atoms with van der Waals surface area (Å²) in [5, 5.41) is 0. The highest BCUT2D eigenvalue weighted by molar-refractivity contribution is 5.28. The molecule has 0 saturated carbocycles. The van der Waals surface area contributed by atoms with Crippen molar-refractivity contribution < 1.29 is 0 Å². The molecule has 0 aliphatic rings. The van der Waals surface area contributed by atoms with Crippen LogP contribution in [-0.4, -0.2) is 0 Å². The number of hydrogen-bond donors (Lipinski definition) is 0. The van der Waals surface area contributed by atoms with Crippen LogP contribution in [0.1, 0.15) is 26.7 Å². The molecule has 0 aliphatic heterocycles. The Morgan fingerprint density at radius 2 is 1.50 bits per heavy atom. The fourth-order valence-corrected chi connectivity index (χ4v) is 2.20. The second-order valence-corrected chi connectivity index (χ2v) is 4.55. The third-order valence-electron chi connectivity index (χ3n) is 3.13. The van der Waals surface area contributed by atoms with E-state index in [1.807, 2.05) is 24.3 Å². The summed E-state index contributed by atoms with van der Waals surface area (Å²) in [4.78, 5) is 0. The molecule has 0 spiro atoms. The van der Waals surface area contributed by atoms with E-state index in [-0.39, 0.29) is 0 Å². The van der Waals surface area contributed by atoms with Crippen LogP contribution in [0.2, 0.25) is 0 Å². The summed E-state index contributed by atoms with van der Waals surface area (Å²) in [7, 11) is 0. The molecule has 0 amide bonds. The first-order chi connectivity index (χ1) is 8.62. The molecule has 0 fully saturated rings. The van der Waals surface area contributed by atoms with E-state index in [0.717, 1.165) is 12.8 Å². The molecule has 0 N–H and O–H groups in total. The monoisotopic (exact) mass is 242 g/mol. The Kier molecular flexibility index (Phi) is 8.65. The quantitative estimate of drug-likeness (QED) is 0.363. The van der Waals surface area contributed by atoms with Crippen LogP contribution in [0.25, 0.3) is 0 Å². The molecular formula is C18H26. The van der Waals surface area contributed by atoms with Gasteiger partial charge in [-0.2, -0.15) is 0 Å². The lowest BCUT2D eigenvalue weighted by Gasteiger charge is -2.24. The highest BCUT2D eigenvalue weighted by atomic mass is 14.2. The second-order valence-electron chi connectivity index (χ2n) is 4.55. The van der Waals surface area contributed by atoms with E-state index in [0.29, 0.717) is 11.8 Å². The van der Waals surface area contributed by atoms with Crippen molar-refractivity contribution in [3.05, 3.63) is 73.9 Å². The molecule has 2 unspecified atom stereocenters. The number of rotatable bonds is 9. The Labute approximate surface area is 113 Å². The molecule has 0 rings (SSSR count). The van der Waals surface area contributed by atoms with E-state index in [4.69, 9.17) is 0 Å². The highest BCUT2D eigenvalue weighted by Crippen LogP contribution is 2.31. The van der Waals surface area contributed by atoms with Crippen LogP contribution < -0.4 is 0 Å².